The van der Waals surface area contributed by atoms with Gasteiger partial charge in [0.15, 0.2) is 5.43 Å². The van der Waals surface area contributed by atoms with Crippen LogP contribution in [-0.4, -0.2) is 4.98 Å². The third kappa shape index (κ3) is 1.36. The largest absolute Gasteiger partial charge is 0.367 e. The minimum atomic E-state index is 0.240. The van der Waals surface area contributed by atoms with E-state index in [1.807, 2.05) is 6.20 Å². The molecule has 4 fully saturated rings. The zero-order chi connectivity index (χ0) is 11.5. The van der Waals surface area contributed by atoms with Gasteiger partial charge in [0.2, 0.25) is 0 Å². The van der Waals surface area contributed by atoms with Crippen molar-refractivity contribution in [1.82, 2.24) is 4.98 Å². The van der Waals surface area contributed by atoms with Crippen LogP contribution >= 0.6 is 0 Å². The normalized spacial score (nSPS) is 42.9. The maximum atomic E-state index is 12.1. The van der Waals surface area contributed by atoms with E-state index in [0.717, 1.165) is 23.3 Å². The monoisotopic (exact) mass is 229 g/mol. The average molecular weight is 229 g/mol. The van der Waals surface area contributed by atoms with Crippen molar-refractivity contribution in [1.29, 1.82) is 0 Å². The Labute approximate surface area is 101 Å². The lowest BCUT2D eigenvalue weighted by Crippen LogP contribution is -2.50. The van der Waals surface area contributed by atoms with E-state index in [1.54, 1.807) is 12.3 Å². The van der Waals surface area contributed by atoms with Crippen LogP contribution in [0.2, 0.25) is 0 Å². The van der Waals surface area contributed by atoms with Gasteiger partial charge in [0, 0.05) is 29.4 Å². The van der Waals surface area contributed by atoms with Gasteiger partial charge in [-0.3, -0.25) is 4.79 Å². The quantitative estimate of drug-likeness (QED) is 0.789. The van der Waals surface area contributed by atoms with E-state index >= 15 is 0 Å². The second kappa shape index (κ2) is 3.24. The third-order valence-corrected chi connectivity index (χ3v) is 5.43. The van der Waals surface area contributed by atoms with Crippen molar-refractivity contribution in [3.05, 3.63) is 34.2 Å². The zero-order valence-corrected chi connectivity index (χ0v) is 10.1. The molecule has 4 aliphatic rings. The molecule has 90 valence electrons. The van der Waals surface area contributed by atoms with Crippen molar-refractivity contribution in [2.75, 3.05) is 0 Å². The van der Waals surface area contributed by atoms with Gasteiger partial charge in [0.25, 0.3) is 0 Å². The van der Waals surface area contributed by atoms with Crippen molar-refractivity contribution in [2.45, 2.75) is 43.9 Å². The summed E-state index contributed by atoms with van der Waals surface area (Å²) in [4.78, 5) is 15.2. The lowest BCUT2D eigenvalue weighted by atomic mass is 9.48. The first-order valence-corrected chi connectivity index (χ1v) is 6.93. The van der Waals surface area contributed by atoms with E-state index < -0.39 is 0 Å². The number of nitrogens with one attached hydrogen (secondary N) is 1. The van der Waals surface area contributed by atoms with Gasteiger partial charge in [-0.2, -0.15) is 0 Å². The molecule has 17 heavy (non-hydrogen) atoms. The second-order valence-corrected chi connectivity index (χ2v) is 6.62. The molecular weight excluding hydrogens is 210 g/mol. The first-order valence-electron chi connectivity index (χ1n) is 6.93. The first kappa shape index (κ1) is 9.93. The maximum Gasteiger partial charge on any atom is 0.185 e. The fourth-order valence-electron chi connectivity index (χ4n) is 5.27. The van der Waals surface area contributed by atoms with Crippen molar-refractivity contribution < 1.29 is 0 Å². The fraction of sp³-hybridized carbons (Fsp3) is 0.667. The lowest BCUT2D eigenvalue weighted by molar-refractivity contribution is -0.00579. The molecule has 0 aliphatic heterocycles. The number of aromatic amines is 1. The first-order chi connectivity index (χ1) is 8.25. The second-order valence-electron chi connectivity index (χ2n) is 6.62. The maximum absolute atomic E-state index is 12.1. The number of pyridine rings is 1. The Hall–Kier alpha value is -1.05. The topological polar surface area (TPSA) is 32.9 Å². The van der Waals surface area contributed by atoms with E-state index in [2.05, 4.69) is 4.98 Å². The number of rotatable bonds is 1. The Morgan fingerprint density at radius 3 is 2.18 bits per heavy atom. The molecule has 5 rings (SSSR count). The molecule has 1 N–H and O–H groups in total. The molecular formula is C15H19NO. The Kier molecular flexibility index (Phi) is 1.89. The van der Waals surface area contributed by atoms with Crippen molar-refractivity contribution >= 4 is 0 Å². The molecule has 0 radical (unpaired) electrons. The molecule has 0 unspecified atom stereocenters. The molecule has 0 saturated heterocycles. The minimum absolute atomic E-state index is 0.240. The van der Waals surface area contributed by atoms with Gasteiger partial charge < -0.3 is 4.98 Å². The molecule has 2 nitrogen and oxygen atoms in total. The SMILES string of the molecule is O=c1cc[nH]cc1C12CC3CC(CC(C3)C1)C2. The van der Waals surface area contributed by atoms with Crippen molar-refractivity contribution in [3.63, 3.8) is 0 Å². The van der Waals surface area contributed by atoms with Crippen LogP contribution in [0.15, 0.2) is 23.3 Å². The summed E-state index contributed by atoms with van der Waals surface area (Å²) in [5.41, 5.74) is 1.58. The van der Waals surface area contributed by atoms with Crippen LogP contribution in [0.25, 0.3) is 0 Å². The van der Waals surface area contributed by atoms with Crippen LogP contribution < -0.4 is 5.43 Å². The van der Waals surface area contributed by atoms with E-state index in [0.29, 0.717) is 0 Å². The summed E-state index contributed by atoms with van der Waals surface area (Å²) >= 11 is 0. The van der Waals surface area contributed by atoms with Crippen LogP contribution in [0, 0.1) is 17.8 Å². The summed E-state index contributed by atoms with van der Waals surface area (Å²) in [5, 5.41) is 0. The van der Waals surface area contributed by atoms with Crippen LogP contribution in [-0.2, 0) is 5.41 Å². The highest BCUT2D eigenvalue weighted by Gasteiger charge is 2.52. The number of hydrogen-bond donors (Lipinski definition) is 1. The van der Waals surface area contributed by atoms with Gasteiger partial charge in [-0.05, 0) is 56.3 Å². The summed E-state index contributed by atoms with van der Waals surface area (Å²) < 4.78 is 0. The van der Waals surface area contributed by atoms with E-state index in [-0.39, 0.29) is 10.8 Å². The van der Waals surface area contributed by atoms with Gasteiger partial charge in [-0.25, -0.2) is 0 Å². The number of H-pyrrole nitrogens is 1. The highest BCUT2D eigenvalue weighted by atomic mass is 16.1. The molecule has 4 bridgehead atoms. The Morgan fingerprint density at radius 2 is 1.65 bits per heavy atom. The predicted octanol–water partition coefficient (Wildman–Crippen LogP) is 2.84. The average Bonchev–Trinajstić information content (AvgIpc) is 2.27. The predicted molar refractivity (Wildman–Crippen MR) is 66.9 cm³/mol. The van der Waals surface area contributed by atoms with E-state index in [4.69, 9.17) is 0 Å². The van der Waals surface area contributed by atoms with Gasteiger partial charge in [-0.1, -0.05) is 0 Å². The molecule has 4 aliphatic carbocycles. The fourth-order valence-corrected chi connectivity index (χ4v) is 5.27. The molecule has 1 aromatic heterocycles. The van der Waals surface area contributed by atoms with Crippen molar-refractivity contribution in [2.24, 2.45) is 17.8 Å². The summed E-state index contributed by atoms with van der Waals surface area (Å²) in [6.07, 6.45) is 11.9. The Bertz CT molecular complexity index is 466. The van der Waals surface area contributed by atoms with Crippen LogP contribution in [0.5, 0.6) is 0 Å². The smallest absolute Gasteiger partial charge is 0.185 e. The molecule has 0 spiro atoms. The molecule has 1 heterocycles. The summed E-state index contributed by atoms with van der Waals surface area (Å²) in [7, 11) is 0. The highest BCUT2D eigenvalue weighted by molar-refractivity contribution is 5.26. The molecule has 0 aromatic carbocycles. The lowest BCUT2D eigenvalue weighted by Gasteiger charge is -2.56. The Balaban J connectivity index is 1.83. The van der Waals surface area contributed by atoms with E-state index in [1.165, 1.54) is 38.5 Å². The third-order valence-electron chi connectivity index (χ3n) is 5.43. The summed E-state index contributed by atoms with van der Waals surface area (Å²) in [6.45, 7) is 0. The molecule has 0 atom stereocenters. The molecule has 0 amide bonds. The van der Waals surface area contributed by atoms with Crippen LogP contribution in [0.3, 0.4) is 0 Å². The number of aromatic nitrogens is 1. The van der Waals surface area contributed by atoms with Gasteiger partial charge in [-0.15, -0.1) is 0 Å². The number of hydrogen-bond acceptors (Lipinski definition) is 1. The Morgan fingerprint density at radius 1 is 1.06 bits per heavy atom. The van der Waals surface area contributed by atoms with Gasteiger partial charge >= 0.3 is 0 Å². The highest BCUT2D eigenvalue weighted by Crippen LogP contribution is 2.60. The van der Waals surface area contributed by atoms with Crippen LogP contribution in [0.1, 0.15) is 44.1 Å². The van der Waals surface area contributed by atoms with Gasteiger partial charge in [0.05, 0.1) is 0 Å². The molecule has 1 aromatic rings. The minimum Gasteiger partial charge on any atom is -0.367 e. The summed E-state index contributed by atoms with van der Waals surface area (Å²) in [6, 6.07) is 1.70. The molecule has 4 saturated carbocycles. The summed E-state index contributed by atoms with van der Waals surface area (Å²) in [5.74, 6) is 2.71. The van der Waals surface area contributed by atoms with Gasteiger partial charge in [0.1, 0.15) is 0 Å². The van der Waals surface area contributed by atoms with E-state index in [9.17, 15) is 4.79 Å². The standard InChI is InChI=1S/C15H19NO/c17-14-1-2-16-9-13(14)15-6-10-3-11(7-15)5-12(4-10)8-15/h1-2,9-12H,3-8H2,(H,16,17). The molecule has 2 heteroatoms. The van der Waals surface area contributed by atoms with Crippen LogP contribution in [0.4, 0.5) is 0 Å². The van der Waals surface area contributed by atoms with Crippen molar-refractivity contribution in [3.8, 4) is 0 Å². The zero-order valence-electron chi connectivity index (χ0n) is 10.1.